The van der Waals surface area contributed by atoms with Gasteiger partial charge in [0.2, 0.25) is 0 Å². The van der Waals surface area contributed by atoms with Crippen molar-refractivity contribution in [2.24, 2.45) is 17.3 Å². The summed E-state index contributed by atoms with van der Waals surface area (Å²) in [6.07, 6.45) is 9.10. The minimum atomic E-state index is -1.88. The van der Waals surface area contributed by atoms with Gasteiger partial charge in [-0.25, -0.2) is 0 Å². The Bertz CT molecular complexity index is 1080. The van der Waals surface area contributed by atoms with E-state index in [0.29, 0.717) is 31.2 Å². The quantitative estimate of drug-likeness (QED) is 0.155. The van der Waals surface area contributed by atoms with Gasteiger partial charge in [-0.3, -0.25) is 0 Å². The second-order valence-electron chi connectivity index (χ2n) is 16.4. The molecule has 5 nitrogen and oxygen atoms in total. The molecule has 1 aliphatic heterocycles. The summed E-state index contributed by atoms with van der Waals surface area (Å²) >= 11 is 0. The van der Waals surface area contributed by atoms with E-state index in [4.69, 9.17) is 22.7 Å². The average Bonchev–Trinajstić information content (AvgIpc) is 3.12. The van der Waals surface area contributed by atoms with Crippen molar-refractivity contribution in [2.45, 2.75) is 142 Å². The highest BCUT2D eigenvalue weighted by atomic mass is 28.4. The molecule has 6 atom stereocenters. The van der Waals surface area contributed by atoms with Crippen LogP contribution in [0.3, 0.4) is 0 Å². The maximum atomic E-state index is 7.15. The maximum absolute atomic E-state index is 7.15. The van der Waals surface area contributed by atoms with Gasteiger partial charge in [-0.2, -0.15) is 0 Å². The van der Waals surface area contributed by atoms with Crippen LogP contribution in [0.4, 0.5) is 0 Å². The fourth-order valence-corrected chi connectivity index (χ4v) is 9.00. The van der Waals surface area contributed by atoms with Crippen molar-refractivity contribution in [3.8, 4) is 0 Å². The van der Waals surface area contributed by atoms with Gasteiger partial charge >= 0.3 is 0 Å². The molecule has 0 bridgehead atoms. The lowest BCUT2D eigenvalue weighted by Crippen LogP contribution is -2.50. The summed E-state index contributed by atoms with van der Waals surface area (Å²) in [5.74, 6) is 1.94. The Balaban J connectivity index is 1.58. The van der Waals surface area contributed by atoms with Gasteiger partial charge in [-0.15, -0.1) is 0 Å². The van der Waals surface area contributed by atoms with Crippen LogP contribution in [-0.4, -0.2) is 48.2 Å². The number of furan rings is 1. The Hall–Kier alpha value is -0.706. The van der Waals surface area contributed by atoms with Crippen LogP contribution in [0.1, 0.15) is 86.0 Å². The Morgan fingerprint density at radius 3 is 2.23 bits per heavy atom. The zero-order valence-corrected chi connectivity index (χ0v) is 29.8. The third-order valence-electron chi connectivity index (χ3n) is 11.6. The van der Waals surface area contributed by atoms with Crippen LogP contribution in [0.25, 0.3) is 0 Å². The number of rotatable bonds is 10. The molecule has 3 aliphatic rings. The van der Waals surface area contributed by atoms with Gasteiger partial charge in [0.05, 0.1) is 25.6 Å². The highest BCUT2D eigenvalue weighted by Crippen LogP contribution is 2.61. The van der Waals surface area contributed by atoms with Gasteiger partial charge in [0, 0.05) is 19.1 Å². The lowest BCUT2D eigenvalue weighted by Gasteiger charge is -2.48. The van der Waals surface area contributed by atoms with Gasteiger partial charge in [0.15, 0.2) is 16.6 Å². The van der Waals surface area contributed by atoms with Crippen LogP contribution in [-0.2, 0) is 31.4 Å². The van der Waals surface area contributed by atoms with Gasteiger partial charge in [0.25, 0.3) is 0 Å². The van der Waals surface area contributed by atoms with Crippen molar-refractivity contribution in [1.29, 1.82) is 0 Å². The van der Waals surface area contributed by atoms with Crippen LogP contribution in [0.15, 0.2) is 28.4 Å². The van der Waals surface area contributed by atoms with Gasteiger partial charge in [-0.05, 0) is 91.3 Å². The molecule has 0 radical (unpaired) electrons. The van der Waals surface area contributed by atoms with E-state index in [9.17, 15) is 0 Å². The molecule has 40 heavy (non-hydrogen) atoms. The van der Waals surface area contributed by atoms with Crippen molar-refractivity contribution in [3.63, 3.8) is 0 Å². The van der Waals surface area contributed by atoms with Crippen LogP contribution in [0.2, 0.25) is 36.3 Å². The Labute approximate surface area is 247 Å². The SMILES string of the molecule is COC[C@H]1O[C@]1(C)C1=CC[C@]2(C)[C@@H](O[Si](C)(C)C(C)(C)C)CC[C@H]2[C@@H]1Cc1cc(CO[Si](C)(C)C(C)(C)C)co1. The third kappa shape index (κ3) is 6.03. The fraction of sp³-hybridized carbons (Fsp3) is 0.818. The standard InChI is InChI=1S/C33H58O5Si2/c1-30(2,3)39(10,11)36-21-23-18-24(35-20-23)19-25-26-14-15-28(38-40(12,13)31(4,5)6)32(26,7)17-16-27(25)33(8)29(37-33)22-34-9/h16,18,20,25-26,28-29H,14-15,17,19,21-22H2,1-13H3/t25-,26-,28-,29+,32-,33+/m0/s1. The molecule has 2 fully saturated rings. The van der Waals surface area contributed by atoms with E-state index < -0.39 is 16.6 Å². The van der Waals surface area contributed by atoms with Crippen LogP contribution in [0, 0.1) is 17.3 Å². The van der Waals surface area contributed by atoms with Crippen molar-refractivity contribution >= 4 is 16.6 Å². The molecular weight excluding hydrogens is 533 g/mol. The minimum Gasteiger partial charge on any atom is -0.469 e. The number of fused-ring (bicyclic) bond motifs is 1. The van der Waals surface area contributed by atoms with E-state index in [-0.39, 0.29) is 27.2 Å². The number of allylic oxidation sites excluding steroid dienone is 1. The summed E-state index contributed by atoms with van der Waals surface area (Å²) in [4.78, 5) is 0. The molecule has 2 heterocycles. The molecule has 4 rings (SSSR count). The van der Waals surface area contributed by atoms with Crippen LogP contribution >= 0.6 is 0 Å². The normalized spacial score (nSPS) is 33.2. The molecule has 0 amide bonds. The van der Waals surface area contributed by atoms with E-state index in [2.05, 4.69) is 93.7 Å². The van der Waals surface area contributed by atoms with Gasteiger partial charge in [-0.1, -0.05) is 54.5 Å². The molecule has 1 aromatic heterocycles. The molecule has 228 valence electrons. The summed E-state index contributed by atoms with van der Waals surface area (Å²) in [5, 5.41) is 0.395. The monoisotopic (exact) mass is 590 g/mol. The fourth-order valence-electron chi connectivity index (χ4n) is 6.59. The first-order valence-electron chi connectivity index (χ1n) is 15.5. The molecule has 0 spiro atoms. The highest BCUT2D eigenvalue weighted by molar-refractivity contribution is 6.74. The third-order valence-corrected chi connectivity index (χ3v) is 20.5. The second-order valence-corrected chi connectivity index (χ2v) is 25.9. The van der Waals surface area contributed by atoms with Crippen molar-refractivity contribution in [2.75, 3.05) is 13.7 Å². The predicted octanol–water partition coefficient (Wildman–Crippen LogP) is 8.90. The maximum Gasteiger partial charge on any atom is 0.192 e. The lowest BCUT2D eigenvalue weighted by atomic mass is 9.61. The van der Waals surface area contributed by atoms with E-state index in [0.717, 1.165) is 30.6 Å². The first-order valence-corrected chi connectivity index (χ1v) is 21.3. The molecule has 0 N–H and O–H groups in total. The Kier molecular flexibility index (Phi) is 8.68. The summed E-state index contributed by atoms with van der Waals surface area (Å²) in [5.41, 5.74) is 2.45. The van der Waals surface area contributed by atoms with E-state index >= 15 is 0 Å². The Morgan fingerprint density at radius 1 is 0.975 bits per heavy atom. The van der Waals surface area contributed by atoms with Crippen molar-refractivity contribution < 1.29 is 22.7 Å². The molecule has 7 heteroatoms. The number of methoxy groups -OCH3 is 1. The van der Waals surface area contributed by atoms with Gasteiger partial charge < -0.3 is 22.7 Å². The van der Waals surface area contributed by atoms with E-state index in [1.54, 1.807) is 7.11 Å². The second kappa shape index (κ2) is 10.8. The number of hydrogen-bond donors (Lipinski definition) is 0. The highest BCUT2D eigenvalue weighted by Gasteiger charge is 2.62. The first-order chi connectivity index (χ1) is 18.2. The topological polar surface area (TPSA) is 53.4 Å². The van der Waals surface area contributed by atoms with Crippen LogP contribution in [0.5, 0.6) is 0 Å². The molecule has 1 saturated carbocycles. The minimum absolute atomic E-state index is 0.118. The summed E-state index contributed by atoms with van der Waals surface area (Å²) in [6, 6.07) is 2.23. The lowest BCUT2D eigenvalue weighted by molar-refractivity contribution is 0.0262. The average molecular weight is 591 g/mol. The largest absolute Gasteiger partial charge is 0.469 e. The molecule has 2 aliphatic carbocycles. The summed E-state index contributed by atoms with van der Waals surface area (Å²) in [7, 11) is -1.94. The number of hydrogen-bond acceptors (Lipinski definition) is 5. The molecule has 0 aromatic carbocycles. The molecule has 1 saturated heterocycles. The van der Waals surface area contributed by atoms with Crippen LogP contribution < -0.4 is 0 Å². The molecular formula is C33H58O5Si2. The number of ether oxygens (including phenoxy) is 2. The molecule has 1 aromatic rings. The smallest absolute Gasteiger partial charge is 0.192 e. The van der Waals surface area contributed by atoms with E-state index in [1.807, 2.05) is 6.26 Å². The summed E-state index contributed by atoms with van der Waals surface area (Å²) < 4.78 is 31.7. The van der Waals surface area contributed by atoms with Crippen molar-refractivity contribution in [1.82, 2.24) is 0 Å². The zero-order valence-electron chi connectivity index (χ0n) is 27.8. The Morgan fingerprint density at radius 2 is 1.62 bits per heavy atom. The summed E-state index contributed by atoms with van der Waals surface area (Å²) in [6.45, 7) is 29.3. The van der Waals surface area contributed by atoms with E-state index in [1.165, 1.54) is 12.0 Å². The van der Waals surface area contributed by atoms with Crippen molar-refractivity contribution in [3.05, 3.63) is 35.3 Å². The first kappa shape index (κ1) is 32.2. The number of epoxide rings is 1. The molecule has 0 unspecified atom stereocenters. The van der Waals surface area contributed by atoms with Gasteiger partial charge in [0.1, 0.15) is 17.5 Å². The zero-order chi connectivity index (χ0) is 29.9. The predicted molar refractivity (Wildman–Crippen MR) is 169 cm³/mol.